The van der Waals surface area contributed by atoms with Crippen molar-refractivity contribution in [1.82, 2.24) is 5.43 Å². The Hall–Kier alpha value is -3.35. The molecule has 0 aliphatic rings. The van der Waals surface area contributed by atoms with E-state index in [1.165, 1.54) is 13.3 Å². The van der Waals surface area contributed by atoms with Crippen molar-refractivity contribution >= 4 is 23.7 Å². The molecular weight excluding hydrogens is 334 g/mol. The Morgan fingerprint density at radius 1 is 1.00 bits per heavy atom. The summed E-state index contributed by atoms with van der Waals surface area (Å²) < 4.78 is 10.3. The average Bonchev–Trinajstić information content (AvgIpc) is 2.63. The first-order chi connectivity index (χ1) is 12.5. The Labute approximate surface area is 152 Å². The number of hydrazone groups is 1. The van der Waals surface area contributed by atoms with E-state index in [1.54, 1.807) is 37.4 Å². The van der Waals surface area contributed by atoms with Gasteiger partial charge in [0, 0.05) is 5.69 Å². The molecule has 2 aromatic rings. The number of benzene rings is 2. The summed E-state index contributed by atoms with van der Waals surface area (Å²) in [5.41, 5.74) is 4.76. The molecule has 0 saturated carbocycles. The van der Waals surface area contributed by atoms with Crippen molar-refractivity contribution in [3.05, 3.63) is 53.6 Å². The SMILES string of the molecule is COc1ccc(C=NNC(=O)CC(=O)Nc2ccc(C)cc2)cc1OC. The van der Waals surface area contributed by atoms with Crippen LogP contribution in [0.3, 0.4) is 0 Å². The summed E-state index contributed by atoms with van der Waals surface area (Å²) in [5, 5.41) is 6.50. The van der Waals surface area contributed by atoms with Gasteiger partial charge in [0.15, 0.2) is 11.5 Å². The quantitative estimate of drug-likeness (QED) is 0.454. The highest BCUT2D eigenvalue weighted by molar-refractivity contribution is 6.03. The Kier molecular flexibility index (Phi) is 6.73. The number of ether oxygens (including phenoxy) is 2. The van der Waals surface area contributed by atoms with Gasteiger partial charge in [-0.3, -0.25) is 9.59 Å². The number of aryl methyl sites for hydroxylation is 1. The van der Waals surface area contributed by atoms with E-state index in [0.717, 1.165) is 5.56 Å². The monoisotopic (exact) mass is 355 g/mol. The molecule has 0 fully saturated rings. The van der Waals surface area contributed by atoms with E-state index in [1.807, 2.05) is 19.1 Å². The molecule has 0 saturated heterocycles. The first-order valence-corrected chi connectivity index (χ1v) is 7.92. The minimum Gasteiger partial charge on any atom is -0.493 e. The molecular formula is C19H21N3O4. The zero-order valence-electron chi connectivity index (χ0n) is 14.9. The van der Waals surface area contributed by atoms with E-state index < -0.39 is 11.8 Å². The van der Waals surface area contributed by atoms with Crippen LogP contribution in [0.2, 0.25) is 0 Å². The van der Waals surface area contributed by atoms with Gasteiger partial charge in [0.25, 0.3) is 0 Å². The van der Waals surface area contributed by atoms with Gasteiger partial charge in [-0.15, -0.1) is 0 Å². The molecule has 136 valence electrons. The van der Waals surface area contributed by atoms with Gasteiger partial charge in [-0.2, -0.15) is 5.10 Å². The van der Waals surface area contributed by atoms with Gasteiger partial charge in [0.1, 0.15) is 6.42 Å². The molecule has 2 rings (SSSR count). The van der Waals surface area contributed by atoms with Crippen molar-refractivity contribution < 1.29 is 19.1 Å². The van der Waals surface area contributed by atoms with Gasteiger partial charge in [0.05, 0.1) is 20.4 Å². The van der Waals surface area contributed by atoms with E-state index in [0.29, 0.717) is 22.7 Å². The molecule has 0 radical (unpaired) electrons. The summed E-state index contributed by atoms with van der Waals surface area (Å²) in [5.74, 6) is 0.237. The van der Waals surface area contributed by atoms with Crippen LogP contribution in [0.4, 0.5) is 5.69 Å². The second kappa shape index (κ2) is 9.22. The third-order valence-corrected chi connectivity index (χ3v) is 3.47. The lowest BCUT2D eigenvalue weighted by molar-refractivity contribution is -0.126. The number of anilines is 1. The van der Waals surface area contributed by atoms with Crippen molar-refractivity contribution in [1.29, 1.82) is 0 Å². The van der Waals surface area contributed by atoms with Crippen LogP contribution in [0.5, 0.6) is 11.5 Å². The van der Waals surface area contributed by atoms with Gasteiger partial charge in [-0.05, 0) is 42.8 Å². The number of nitrogens with one attached hydrogen (secondary N) is 2. The van der Waals surface area contributed by atoms with Gasteiger partial charge in [-0.25, -0.2) is 5.43 Å². The van der Waals surface area contributed by atoms with E-state index >= 15 is 0 Å². The highest BCUT2D eigenvalue weighted by Gasteiger charge is 2.09. The van der Waals surface area contributed by atoms with Crippen molar-refractivity contribution in [3.63, 3.8) is 0 Å². The third kappa shape index (κ3) is 5.62. The third-order valence-electron chi connectivity index (χ3n) is 3.47. The standard InChI is InChI=1S/C19H21N3O4/c1-13-4-7-15(8-5-13)21-18(23)11-19(24)22-20-12-14-6-9-16(25-2)17(10-14)26-3/h4-10,12H,11H2,1-3H3,(H,21,23)(H,22,24). The maximum atomic E-state index is 11.8. The predicted octanol–water partition coefficient (Wildman–Crippen LogP) is 2.49. The fourth-order valence-corrected chi connectivity index (χ4v) is 2.14. The highest BCUT2D eigenvalue weighted by atomic mass is 16.5. The summed E-state index contributed by atoms with van der Waals surface area (Å²) in [6, 6.07) is 12.5. The van der Waals surface area contributed by atoms with E-state index in [2.05, 4.69) is 15.8 Å². The number of carbonyl (C=O) groups excluding carboxylic acids is 2. The van der Waals surface area contributed by atoms with Crippen molar-refractivity contribution in [2.24, 2.45) is 5.10 Å². The summed E-state index contributed by atoms with van der Waals surface area (Å²) in [7, 11) is 3.08. The van der Waals surface area contributed by atoms with Crippen LogP contribution in [0.25, 0.3) is 0 Å². The number of rotatable bonds is 7. The number of methoxy groups -OCH3 is 2. The lowest BCUT2D eigenvalue weighted by Gasteiger charge is -2.07. The predicted molar refractivity (Wildman–Crippen MR) is 99.7 cm³/mol. The largest absolute Gasteiger partial charge is 0.493 e. The number of nitrogens with zero attached hydrogens (tertiary/aromatic N) is 1. The number of hydrogen-bond donors (Lipinski definition) is 2. The van der Waals surface area contributed by atoms with Gasteiger partial charge < -0.3 is 14.8 Å². The molecule has 2 aromatic carbocycles. The Bertz CT molecular complexity index is 801. The van der Waals surface area contributed by atoms with Gasteiger partial charge >= 0.3 is 0 Å². The Morgan fingerprint density at radius 3 is 2.35 bits per heavy atom. The molecule has 7 heteroatoms. The normalized spacial score (nSPS) is 10.4. The van der Waals surface area contributed by atoms with E-state index in [9.17, 15) is 9.59 Å². The number of carbonyl (C=O) groups is 2. The zero-order valence-corrected chi connectivity index (χ0v) is 14.9. The smallest absolute Gasteiger partial charge is 0.249 e. The van der Waals surface area contributed by atoms with Crippen molar-refractivity contribution in [3.8, 4) is 11.5 Å². The van der Waals surface area contributed by atoms with Crippen LogP contribution in [-0.4, -0.2) is 32.2 Å². The van der Waals surface area contributed by atoms with Crippen LogP contribution in [-0.2, 0) is 9.59 Å². The molecule has 2 amide bonds. The zero-order chi connectivity index (χ0) is 18.9. The van der Waals surface area contributed by atoms with E-state index in [4.69, 9.17) is 9.47 Å². The summed E-state index contributed by atoms with van der Waals surface area (Å²) >= 11 is 0. The minimum absolute atomic E-state index is 0.322. The second-order valence-corrected chi connectivity index (χ2v) is 5.50. The molecule has 0 atom stereocenters. The first-order valence-electron chi connectivity index (χ1n) is 7.92. The Morgan fingerprint density at radius 2 is 1.69 bits per heavy atom. The minimum atomic E-state index is -0.508. The fourth-order valence-electron chi connectivity index (χ4n) is 2.14. The molecule has 0 aliphatic carbocycles. The maximum Gasteiger partial charge on any atom is 0.249 e. The fraction of sp³-hybridized carbons (Fsp3) is 0.211. The summed E-state index contributed by atoms with van der Waals surface area (Å²) in [6.07, 6.45) is 1.13. The number of hydrogen-bond acceptors (Lipinski definition) is 5. The van der Waals surface area contributed by atoms with Crippen molar-refractivity contribution in [2.75, 3.05) is 19.5 Å². The summed E-state index contributed by atoms with van der Waals surface area (Å²) in [6.45, 7) is 1.95. The molecule has 0 bridgehead atoms. The topological polar surface area (TPSA) is 89.0 Å². The average molecular weight is 355 g/mol. The molecule has 7 nitrogen and oxygen atoms in total. The van der Waals surface area contributed by atoms with Crippen LogP contribution < -0.4 is 20.2 Å². The van der Waals surface area contributed by atoms with Crippen LogP contribution in [0, 0.1) is 6.92 Å². The van der Waals surface area contributed by atoms with Crippen LogP contribution >= 0.6 is 0 Å². The highest BCUT2D eigenvalue weighted by Crippen LogP contribution is 2.26. The van der Waals surface area contributed by atoms with E-state index in [-0.39, 0.29) is 6.42 Å². The molecule has 0 heterocycles. The summed E-state index contributed by atoms with van der Waals surface area (Å²) in [4.78, 5) is 23.6. The van der Waals surface area contributed by atoms with Crippen LogP contribution in [0.1, 0.15) is 17.5 Å². The maximum absolute atomic E-state index is 11.8. The Balaban J connectivity index is 1.85. The molecule has 2 N–H and O–H groups in total. The molecule has 0 aromatic heterocycles. The number of amides is 2. The first kappa shape index (κ1) is 19.0. The van der Waals surface area contributed by atoms with Crippen LogP contribution in [0.15, 0.2) is 47.6 Å². The van der Waals surface area contributed by atoms with Gasteiger partial charge in [0.2, 0.25) is 11.8 Å². The molecule has 0 aliphatic heterocycles. The van der Waals surface area contributed by atoms with Crippen molar-refractivity contribution in [2.45, 2.75) is 13.3 Å². The molecule has 0 unspecified atom stereocenters. The lowest BCUT2D eigenvalue weighted by atomic mass is 10.2. The second-order valence-electron chi connectivity index (χ2n) is 5.50. The molecule has 26 heavy (non-hydrogen) atoms. The molecule has 0 spiro atoms. The lowest BCUT2D eigenvalue weighted by Crippen LogP contribution is -2.24. The van der Waals surface area contributed by atoms with Gasteiger partial charge in [-0.1, -0.05) is 17.7 Å².